The Hall–Kier alpha value is -5.17. The summed E-state index contributed by atoms with van der Waals surface area (Å²) in [6.07, 6.45) is 12.4. The van der Waals surface area contributed by atoms with Crippen molar-refractivity contribution < 1.29 is 23.1 Å². The van der Waals surface area contributed by atoms with Gasteiger partial charge in [-0.25, -0.2) is 23.7 Å². The van der Waals surface area contributed by atoms with Crippen LogP contribution in [0.5, 0.6) is 11.8 Å². The molecule has 0 atom stereocenters. The maximum absolute atomic E-state index is 13.9. The summed E-state index contributed by atoms with van der Waals surface area (Å²) in [6, 6.07) is 3.03. The number of halogens is 3. The third-order valence-corrected chi connectivity index (χ3v) is 11.0. The first-order valence-corrected chi connectivity index (χ1v) is 17.2. The minimum Gasteiger partial charge on any atom is -0.421 e. The Balaban J connectivity index is 0.000000133. The van der Waals surface area contributed by atoms with Crippen molar-refractivity contribution in [3.8, 4) is 34.5 Å². The van der Waals surface area contributed by atoms with Gasteiger partial charge < -0.3 is 25.3 Å². The predicted molar refractivity (Wildman–Crippen MR) is 176 cm³/mol. The van der Waals surface area contributed by atoms with Crippen LogP contribution in [0.25, 0.3) is 22.8 Å². The largest absolute Gasteiger partial charge is 0.421 e. The van der Waals surface area contributed by atoms with Gasteiger partial charge >= 0.3 is 6.01 Å². The van der Waals surface area contributed by atoms with Crippen LogP contribution in [0.3, 0.4) is 0 Å². The van der Waals surface area contributed by atoms with E-state index in [9.17, 15) is 18.4 Å². The molecule has 0 bridgehead atoms. The summed E-state index contributed by atoms with van der Waals surface area (Å²) in [6.45, 7) is 0. The second-order valence-electron chi connectivity index (χ2n) is 14.2. The highest BCUT2D eigenvalue weighted by Crippen LogP contribution is 2.46. The van der Waals surface area contributed by atoms with Gasteiger partial charge in [0.2, 0.25) is 5.28 Å². The molecule has 14 heteroatoms. The van der Waals surface area contributed by atoms with Crippen LogP contribution in [-0.4, -0.2) is 52.8 Å². The highest BCUT2D eigenvalue weighted by molar-refractivity contribution is 6.28. The second kappa shape index (κ2) is 10.4. The van der Waals surface area contributed by atoms with E-state index in [1.165, 1.54) is 6.07 Å². The molecule has 6 heterocycles. The van der Waals surface area contributed by atoms with Gasteiger partial charge in [0.1, 0.15) is 5.82 Å². The van der Waals surface area contributed by atoms with E-state index < -0.39 is 11.6 Å². The quantitative estimate of drug-likeness (QED) is 0.178. The Morgan fingerprint density at radius 1 is 0.740 bits per heavy atom. The molecule has 2 saturated carbocycles. The zero-order valence-electron chi connectivity index (χ0n) is 26.6. The number of rotatable bonds is 2. The summed E-state index contributed by atoms with van der Waals surface area (Å²) in [5.41, 5.74) is 10.8. The Bertz CT molecular complexity index is 2330. The van der Waals surface area contributed by atoms with Crippen LogP contribution < -0.4 is 15.4 Å². The number of aromatic nitrogens is 6. The molecular weight excluding hydrogens is 666 g/mol. The summed E-state index contributed by atoms with van der Waals surface area (Å²) in [4.78, 5) is 49.1. The molecule has 2 aliphatic heterocycles. The maximum atomic E-state index is 13.9. The van der Waals surface area contributed by atoms with Gasteiger partial charge in [-0.1, -0.05) is 0 Å². The fourth-order valence-corrected chi connectivity index (χ4v) is 8.12. The van der Waals surface area contributed by atoms with Crippen molar-refractivity contribution in [1.82, 2.24) is 40.5 Å². The Morgan fingerprint density at radius 2 is 1.30 bits per heavy atom. The number of aromatic amines is 2. The zero-order valence-corrected chi connectivity index (χ0v) is 27.4. The van der Waals surface area contributed by atoms with Gasteiger partial charge in [0.05, 0.1) is 33.9 Å². The Labute approximate surface area is 288 Å². The molecule has 11 nitrogen and oxygen atoms in total. The number of fused-ring (bicyclic) bond motifs is 10. The molecule has 4 aromatic heterocycles. The van der Waals surface area contributed by atoms with E-state index in [1.807, 2.05) is 0 Å². The number of amides is 2. The molecule has 5 aromatic rings. The molecule has 6 aliphatic rings. The van der Waals surface area contributed by atoms with Gasteiger partial charge in [-0.3, -0.25) is 9.59 Å². The van der Waals surface area contributed by atoms with Crippen LogP contribution in [0.15, 0.2) is 30.6 Å². The molecular formula is C36H29ClF2N8O3. The average molecular weight is 695 g/mol. The highest BCUT2D eigenvalue weighted by atomic mass is 35.5. The molecule has 2 spiro atoms. The molecule has 11 rings (SSSR count). The van der Waals surface area contributed by atoms with E-state index in [0.29, 0.717) is 12.1 Å². The molecule has 2 fully saturated rings. The number of carbonyl (C=O) groups excluding carboxylic acids is 2. The fourth-order valence-electron chi connectivity index (χ4n) is 7.99. The lowest BCUT2D eigenvalue weighted by Crippen LogP contribution is -2.43. The average Bonchev–Trinajstić information content (AvgIpc) is 3.93. The number of benzene rings is 1. The third kappa shape index (κ3) is 4.73. The summed E-state index contributed by atoms with van der Waals surface area (Å²) in [5, 5.41) is 6.57. The van der Waals surface area contributed by atoms with Crippen LogP contribution >= 0.6 is 11.6 Å². The van der Waals surface area contributed by atoms with Gasteiger partial charge in [0, 0.05) is 53.8 Å². The maximum Gasteiger partial charge on any atom is 0.322 e. The first kappa shape index (κ1) is 29.7. The van der Waals surface area contributed by atoms with E-state index in [-0.39, 0.29) is 39.9 Å². The van der Waals surface area contributed by atoms with Gasteiger partial charge in [-0.2, -0.15) is 4.98 Å². The topological polar surface area (TPSA) is 151 Å². The molecule has 0 unspecified atom stereocenters. The fraction of sp³-hybridized carbons (Fsp3) is 0.333. The predicted octanol–water partition coefficient (Wildman–Crippen LogP) is 5.50. The monoisotopic (exact) mass is 694 g/mol. The van der Waals surface area contributed by atoms with E-state index in [4.69, 9.17) is 16.3 Å². The van der Waals surface area contributed by atoms with Gasteiger partial charge in [0.15, 0.2) is 11.6 Å². The number of carbonyl (C=O) groups is 2. The number of H-pyrrole nitrogens is 2. The first-order valence-electron chi connectivity index (χ1n) is 16.8. The lowest BCUT2D eigenvalue weighted by Gasteiger charge is -2.23. The van der Waals surface area contributed by atoms with Crippen molar-refractivity contribution in [2.24, 2.45) is 0 Å². The lowest BCUT2D eigenvalue weighted by molar-refractivity contribution is 0.0908. The Morgan fingerprint density at radius 3 is 1.86 bits per heavy atom. The number of nitrogens with zero attached hydrogens (tertiary/aromatic N) is 4. The lowest BCUT2D eigenvalue weighted by atomic mass is 9.90. The van der Waals surface area contributed by atoms with Crippen molar-refractivity contribution in [2.45, 2.75) is 75.3 Å². The summed E-state index contributed by atoms with van der Waals surface area (Å²) in [7, 11) is 0. The van der Waals surface area contributed by atoms with E-state index in [2.05, 4.69) is 40.5 Å². The standard InChI is InChI=1S/C21H16F2N4O2.C15H13ClN4O/c22-11-2-4-15(13(23)7-11)29-20-24-9-10-1-3-12-16-14(25-18(12)17(10)26-20)8-21(5-6-21)27-19(16)28;16-14-17-6-7-1-2-8-10-9(18-12(8)11(7)19-14)5-15(3-4-15)20-13(10)21/h2,4,7,9,25H,1,3,5-6,8H2,(H,27,28);6,18H,1-5H2,(H,20,21). The van der Waals surface area contributed by atoms with Crippen molar-refractivity contribution in [2.75, 3.05) is 0 Å². The van der Waals surface area contributed by atoms with E-state index in [0.717, 1.165) is 132 Å². The second-order valence-corrected chi connectivity index (χ2v) is 14.5. The molecule has 4 N–H and O–H groups in total. The first-order chi connectivity index (χ1) is 24.2. The Kier molecular flexibility index (Phi) is 6.20. The van der Waals surface area contributed by atoms with Crippen LogP contribution in [0.1, 0.15) is 80.0 Å². The molecule has 1 aromatic carbocycles. The van der Waals surface area contributed by atoms with Crippen molar-refractivity contribution in [1.29, 1.82) is 0 Å². The van der Waals surface area contributed by atoms with Crippen molar-refractivity contribution in [3.63, 3.8) is 0 Å². The van der Waals surface area contributed by atoms with Crippen LogP contribution in [0, 0.1) is 11.6 Å². The van der Waals surface area contributed by atoms with Gasteiger partial charge in [0.25, 0.3) is 11.8 Å². The van der Waals surface area contributed by atoms with E-state index >= 15 is 0 Å². The number of nitrogens with one attached hydrogen (secondary N) is 4. The van der Waals surface area contributed by atoms with Crippen molar-refractivity contribution in [3.05, 3.63) is 92.3 Å². The SMILES string of the molecule is O=C1NC2(CC2)Cc2[nH]c3c(c21)CCc1cnc(Cl)nc1-3.O=C1NC2(CC2)Cc2[nH]c3c(c21)CCc1cnc(Oc2ccc(F)cc2F)nc1-3. The molecule has 50 heavy (non-hydrogen) atoms. The number of hydrogen-bond acceptors (Lipinski definition) is 7. The molecule has 4 aliphatic carbocycles. The van der Waals surface area contributed by atoms with Gasteiger partial charge in [-0.05, 0) is 97.4 Å². The van der Waals surface area contributed by atoms with E-state index in [1.54, 1.807) is 12.4 Å². The van der Waals surface area contributed by atoms with Crippen LogP contribution in [0.2, 0.25) is 5.28 Å². The number of aryl methyl sites for hydroxylation is 2. The molecule has 252 valence electrons. The van der Waals surface area contributed by atoms with Crippen LogP contribution in [0.4, 0.5) is 8.78 Å². The third-order valence-electron chi connectivity index (χ3n) is 10.8. The smallest absolute Gasteiger partial charge is 0.322 e. The number of ether oxygens (including phenoxy) is 1. The zero-order chi connectivity index (χ0) is 33.9. The minimum absolute atomic E-state index is 0.0175. The van der Waals surface area contributed by atoms with Crippen LogP contribution in [-0.2, 0) is 38.5 Å². The molecule has 2 amide bonds. The number of hydrogen-bond donors (Lipinski definition) is 4. The molecule has 0 radical (unpaired) electrons. The summed E-state index contributed by atoms with van der Waals surface area (Å²) < 4.78 is 32.5. The summed E-state index contributed by atoms with van der Waals surface area (Å²) >= 11 is 5.94. The minimum atomic E-state index is -0.825. The summed E-state index contributed by atoms with van der Waals surface area (Å²) in [5.74, 6) is -1.62. The highest BCUT2D eigenvalue weighted by Gasteiger charge is 2.50. The van der Waals surface area contributed by atoms with Gasteiger partial charge in [-0.15, -0.1) is 0 Å². The molecule has 0 saturated heterocycles. The van der Waals surface area contributed by atoms with Crippen molar-refractivity contribution >= 4 is 23.4 Å². The normalized spacial score (nSPS) is 19.0.